The molecule has 60 heavy (non-hydrogen) atoms. The number of carbonyl (C=O) groups is 2. The number of carbonyl (C=O) groups excluding carboxylic acids is 2. The molecule has 0 radical (unpaired) electrons. The normalized spacial score (nSPS) is 28.3. The molecule has 2 aliphatic heterocycles. The van der Waals surface area contributed by atoms with Gasteiger partial charge in [0.1, 0.15) is 0 Å². The van der Waals surface area contributed by atoms with Gasteiger partial charge in [-0.2, -0.15) is 8.61 Å². The van der Waals surface area contributed by atoms with Crippen LogP contribution in [0.3, 0.4) is 0 Å². The van der Waals surface area contributed by atoms with Crippen molar-refractivity contribution in [1.29, 1.82) is 0 Å². The van der Waals surface area contributed by atoms with Crippen LogP contribution in [0.15, 0.2) is 83.6 Å². The molecule has 14 nitrogen and oxygen atoms in total. The predicted molar refractivity (Wildman–Crippen MR) is 225 cm³/mol. The molecule has 18 heteroatoms. The first-order valence-corrected chi connectivity index (χ1v) is 24.3. The minimum absolute atomic E-state index is 0.00573. The van der Waals surface area contributed by atoms with Gasteiger partial charge in [0.2, 0.25) is 0 Å². The number of aryl methyl sites for hydroxylation is 2. The maximum absolute atomic E-state index is 12.9. The molecule has 320 valence electrons. The smallest absolute Gasteiger partial charge is 0.262 e. The molecule has 4 aliphatic carbocycles. The fourth-order valence-corrected chi connectivity index (χ4v) is 13.5. The quantitative estimate of drug-likeness (QED) is 0.177. The lowest BCUT2D eigenvalue weighted by molar-refractivity contribution is 0.0929. The molecule has 2 aromatic heterocycles. The van der Waals surface area contributed by atoms with Crippen LogP contribution in [0.2, 0.25) is 10.0 Å². The van der Waals surface area contributed by atoms with Crippen molar-refractivity contribution in [2.45, 2.75) is 48.6 Å². The number of halogens is 2. The summed E-state index contributed by atoms with van der Waals surface area (Å²) in [6.45, 7) is 3.18. The van der Waals surface area contributed by atoms with E-state index in [-0.39, 0.29) is 44.5 Å². The van der Waals surface area contributed by atoms with E-state index >= 15 is 0 Å². The lowest BCUT2D eigenvalue weighted by Gasteiger charge is -2.26. The van der Waals surface area contributed by atoms with Crippen molar-refractivity contribution in [2.24, 2.45) is 60.4 Å². The highest BCUT2D eigenvalue weighted by molar-refractivity contribution is 7.89. The summed E-state index contributed by atoms with van der Waals surface area (Å²) in [7, 11) is -3.61. The minimum Gasteiger partial charge on any atom is -0.351 e. The van der Waals surface area contributed by atoms with Crippen molar-refractivity contribution in [3.05, 3.63) is 94.8 Å². The lowest BCUT2D eigenvalue weighted by Crippen LogP contribution is -2.39. The Labute approximate surface area is 361 Å². The van der Waals surface area contributed by atoms with Crippen molar-refractivity contribution < 1.29 is 26.4 Å². The molecule has 2 saturated heterocycles. The molecular formula is C42H50Cl2N8O6S2. The Kier molecular flexibility index (Phi) is 10.8. The van der Waals surface area contributed by atoms with Crippen molar-refractivity contribution in [3.63, 3.8) is 0 Å². The van der Waals surface area contributed by atoms with Crippen molar-refractivity contribution in [2.75, 3.05) is 39.3 Å². The van der Waals surface area contributed by atoms with Crippen LogP contribution in [0.25, 0.3) is 0 Å². The maximum Gasteiger partial charge on any atom is 0.262 e. The first-order valence-electron chi connectivity index (χ1n) is 20.6. The molecule has 10 rings (SSSR count). The van der Waals surface area contributed by atoms with Gasteiger partial charge in [0.15, 0.2) is 10.1 Å². The fourth-order valence-electron chi connectivity index (χ4n) is 10.2. The Morgan fingerprint density at radius 3 is 1.50 bits per heavy atom. The molecule has 4 aromatic rings. The van der Waals surface area contributed by atoms with Crippen LogP contribution in [-0.2, 0) is 34.1 Å². The third-order valence-corrected chi connectivity index (χ3v) is 18.0. The van der Waals surface area contributed by atoms with Gasteiger partial charge in [0, 0.05) is 76.3 Å². The Balaban J connectivity index is 0.000000154. The Morgan fingerprint density at radius 2 is 1.10 bits per heavy atom. The number of nitrogens with zero attached hydrogens (tertiary/aromatic N) is 6. The molecule has 4 atom stereocenters. The van der Waals surface area contributed by atoms with E-state index in [0.29, 0.717) is 84.1 Å². The molecule has 6 aliphatic rings. The van der Waals surface area contributed by atoms with E-state index in [2.05, 4.69) is 20.6 Å². The monoisotopic (exact) mass is 896 g/mol. The average molecular weight is 898 g/mol. The van der Waals surface area contributed by atoms with Crippen LogP contribution in [-0.4, -0.2) is 95.6 Å². The second kappa shape index (κ2) is 15.5. The van der Waals surface area contributed by atoms with Gasteiger partial charge < -0.3 is 19.8 Å². The molecule has 2 N–H and O–H groups in total. The summed E-state index contributed by atoms with van der Waals surface area (Å²) in [5, 5.41) is 7.44. The van der Waals surface area contributed by atoms with Gasteiger partial charge in [-0.05, 0) is 95.6 Å². The van der Waals surface area contributed by atoms with Gasteiger partial charge in [-0.3, -0.25) is 9.59 Å². The zero-order valence-electron chi connectivity index (χ0n) is 33.6. The number of aromatic nitrogens is 4. The van der Waals surface area contributed by atoms with Crippen LogP contribution >= 0.6 is 23.2 Å². The topological polar surface area (TPSA) is 169 Å². The minimum atomic E-state index is -3.57. The number of imidazole rings is 2. The molecule has 6 fully saturated rings. The molecule has 0 bridgehead atoms. The first-order chi connectivity index (χ1) is 28.6. The van der Waals surface area contributed by atoms with Crippen LogP contribution in [0, 0.1) is 46.3 Å². The molecule has 0 spiro atoms. The Hall–Kier alpha value is -3.80. The standard InChI is InChI=1S/2C21H25ClN4O3S/c1-25-11-19(24-13-25)30(28,29)26-9-17-18(10-26)21(17,8-14-2-3-14)12-23-20(27)15-4-6-16(22)7-5-15;1-25-11-19(24-13-25)30(28,29)26-9-16-17(10-26)21(16,8-14-6-7-14)12-23-20(27)15-4-2-3-5-18(15)22/h4-7,11,13-14,17-18H,2-3,8-10,12H2,1H3,(H,23,27);2-5,11,13-14,16-17H,6-10,12H2,1H3,(H,23,27). The summed E-state index contributed by atoms with van der Waals surface area (Å²) in [4.78, 5) is 33.3. The summed E-state index contributed by atoms with van der Waals surface area (Å²) in [6, 6.07) is 13.9. The van der Waals surface area contributed by atoms with Gasteiger partial charge >= 0.3 is 0 Å². The summed E-state index contributed by atoms with van der Waals surface area (Å²) in [6.07, 6.45) is 13.2. The summed E-state index contributed by atoms with van der Waals surface area (Å²) >= 11 is 12.1. The van der Waals surface area contributed by atoms with Gasteiger partial charge in [0.25, 0.3) is 31.9 Å². The van der Waals surface area contributed by atoms with Crippen LogP contribution < -0.4 is 10.6 Å². The number of piperidine rings is 2. The van der Waals surface area contributed by atoms with Gasteiger partial charge in [-0.1, -0.05) is 61.0 Å². The fraction of sp³-hybridized carbons (Fsp3) is 0.524. The van der Waals surface area contributed by atoms with Crippen LogP contribution in [0.1, 0.15) is 59.2 Å². The number of hydrogen-bond donors (Lipinski definition) is 2. The first kappa shape index (κ1) is 41.5. The Bertz CT molecular complexity index is 2500. The Morgan fingerprint density at radius 1 is 0.667 bits per heavy atom. The van der Waals surface area contributed by atoms with Crippen molar-refractivity contribution in [3.8, 4) is 0 Å². The second-order valence-electron chi connectivity index (χ2n) is 17.9. The SMILES string of the molecule is Cn1cnc(S(=O)(=O)N2CC3C(C2)C3(CNC(=O)c2ccc(Cl)cc2)CC2CC2)c1.Cn1cnc(S(=O)(=O)N2CC3C(C2)C3(CNC(=O)c2ccccc2Cl)CC2CC2)c1. The summed E-state index contributed by atoms with van der Waals surface area (Å²) in [5.74, 6) is 2.29. The third kappa shape index (κ3) is 7.92. The van der Waals surface area contributed by atoms with E-state index in [1.165, 1.54) is 38.3 Å². The molecular weight excluding hydrogens is 848 g/mol. The molecule has 4 heterocycles. The van der Waals surface area contributed by atoms with E-state index in [1.807, 2.05) is 0 Å². The lowest BCUT2D eigenvalue weighted by atomic mass is 9.92. The van der Waals surface area contributed by atoms with E-state index < -0.39 is 20.0 Å². The highest BCUT2D eigenvalue weighted by Crippen LogP contribution is 2.68. The van der Waals surface area contributed by atoms with Crippen molar-refractivity contribution in [1.82, 2.24) is 38.3 Å². The third-order valence-electron chi connectivity index (χ3n) is 14.0. The number of benzene rings is 2. The molecule has 2 amide bonds. The maximum atomic E-state index is 12.9. The number of hydrogen-bond acceptors (Lipinski definition) is 8. The summed E-state index contributed by atoms with van der Waals surface area (Å²) in [5.41, 5.74) is 1.07. The highest BCUT2D eigenvalue weighted by atomic mass is 35.5. The number of fused-ring (bicyclic) bond motifs is 2. The zero-order chi connectivity index (χ0) is 42.2. The number of amides is 2. The largest absolute Gasteiger partial charge is 0.351 e. The zero-order valence-corrected chi connectivity index (χ0v) is 36.7. The summed E-state index contributed by atoms with van der Waals surface area (Å²) < 4.78 is 58.1. The van der Waals surface area contributed by atoms with E-state index in [0.717, 1.165) is 12.8 Å². The number of rotatable bonds is 14. The number of sulfonamides is 2. The predicted octanol–water partition coefficient (Wildman–Crippen LogP) is 5.08. The van der Waals surface area contributed by atoms with Gasteiger partial charge in [-0.15, -0.1) is 0 Å². The van der Waals surface area contributed by atoms with Gasteiger partial charge in [-0.25, -0.2) is 26.8 Å². The molecule has 4 saturated carbocycles. The average Bonchev–Trinajstić information content (AvgIpc) is 4.18. The van der Waals surface area contributed by atoms with Gasteiger partial charge in [0.05, 0.1) is 23.2 Å². The van der Waals surface area contributed by atoms with E-state index in [4.69, 9.17) is 23.2 Å². The molecule has 4 unspecified atom stereocenters. The van der Waals surface area contributed by atoms with Crippen LogP contribution in [0.5, 0.6) is 0 Å². The van der Waals surface area contributed by atoms with E-state index in [9.17, 15) is 26.4 Å². The van der Waals surface area contributed by atoms with Crippen LogP contribution in [0.4, 0.5) is 0 Å². The molecule has 2 aromatic carbocycles. The number of nitrogens with one attached hydrogen (secondary N) is 2. The van der Waals surface area contributed by atoms with E-state index in [1.54, 1.807) is 92.8 Å². The second-order valence-corrected chi connectivity index (χ2v) is 22.6. The van der Waals surface area contributed by atoms with Crippen molar-refractivity contribution >= 4 is 55.1 Å². The highest BCUT2D eigenvalue weighted by Gasteiger charge is 2.70.